The normalized spacial score (nSPS) is 11.8. The first-order valence-corrected chi connectivity index (χ1v) is 11.8. The van der Waals surface area contributed by atoms with Gasteiger partial charge in [0.15, 0.2) is 0 Å². The lowest BCUT2D eigenvalue weighted by atomic mass is 9.76. The molecule has 0 aliphatic rings. The third-order valence-corrected chi connectivity index (χ3v) is 5.83. The number of benzene rings is 2. The van der Waals surface area contributed by atoms with Crippen molar-refractivity contribution >= 4 is 0 Å². The summed E-state index contributed by atoms with van der Waals surface area (Å²) >= 11 is 0. The number of ether oxygens (including phenoxy) is 4. The molecule has 0 aromatic heterocycles. The van der Waals surface area contributed by atoms with Crippen LogP contribution in [0.15, 0.2) is 24.3 Å². The van der Waals surface area contributed by atoms with Crippen LogP contribution in [0.1, 0.15) is 74.9 Å². The van der Waals surface area contributed by atoms with E-state index in [2.05, 4.69) is 13.8 Å². The minimum atomic E-state index is -0.425. The molecule has 0 spiro atoms. The van der Waals surface area contributed by atoms with Crippen LogP contribution in [0.4, 0.5) is 0 Å². The van der Waals surface area contributed by atoms with Crippen molar-refractivity contribution in [2.45, 2.75) is 73.4 Å². The van der Waals surface area contributed by atoms with Crippen molar-refractivity contribution in [1.82, 2.24) is 0 Å². The monoisotopic (exact) mass is 460 g/mol. The van der Waals surface area contributed by atoms with Gasteiger partial charge < -0.3 is 29.2 Å². The Balaban J connectivity index is 2.60. The zero-order valence-corrected chi connectivity index (χ0v) is 21.0. The molecule has 2 aromatic carbocycles. The summed E-state index contributed by atoms with van der Waals surface area (Å²) in [4.78, 5) is 0. The molecule has 6 heteroatoms. The second kappa shape index (κ2) is 12.9. The Hall–Kier alpha value is -2.12. The number of phenols is 2. The Morgan fingerprint density at radius 2 is 0.788 bits per heavy atom. The molecule has 0 aliphatic heterocycles. The summed E-state index contributed by atoms with van der Waals surface area (Å²) in [6.07, 6.45) is 0. The highest BCUT2D eigenvalue weighted by Crippen LogP contribution is 2.39. The van der Waals surface area contributed by atoms with Crippen molar-refractivity contribution in [1.29, 1.82) is 0 Å². The van der Waals surface area contributed by atoms with Gasteiger partial charge in [-0.05, 0) is 63.1 Å². The van der Waals surface area contributed by atoms with E-state index in [-0.39, 0.29) is 11.5 Å². The quantitative estimate of drug-likeness (QED) is 0.384. The Bertz CT molecular complexity index is 761. The lowest BCUT2D eigenvalue weighted by Gasteiger charge is -2.29. The largest absolute Gasteiger partial charge is 0.507 e. The van der Waals surface area contributed by atoms with Crippen molar-refractivity contribution in [3.63, 3.8) is 0 Å². The van der Waals surface area contributed by atoms with E-state index in [1.165, 1.54) is 0 Å². The molecule has 0 unspecified atom stereocenters. The number of aromatic hydroxyl groups is 2. The molecule has 2 rings (SSSR count). The minimum absolute atomic E-state index is 0.219. The molecule has 2 aromatic rings. The fourth-order valence-electron chi connectivity index (χ4n) is 3.70. The molecule has 0 heterocycles. The summed E-state index contributed by atoms with van der Waals surface area (Å²) in [6.45, 7) is 15.6. The maximum atomic E-state index is 10.8. The van der Waals surface area contributed by atoms with Crippen LogP contribution >= 0.6 is 0 Å². The highest BCUT2D eigenvalue weighted by Gasteiger charge is 2.28. The van der Waals surface area contributed by atoms with Crippen molar-refractivity contribution in [2.24, 2.45) is 0 Å². The highest BCUT2D eigenvalue weighted by molar-refractivity contribution is 5.52. The van der Waals surface area contributed by atoms with Crippen molar-refractivity contribution in [3.8, 4) is 11.5 Å². The maximum Gasteiger partial charge on any atom is 0.126 e. The first kappa shape index (κ1) is 27.1. The van der Waals surface area contributed by atoms with Gasteiger partial charge in [-0.1, -0.05) is 13.8 Å². The lowest BCUT2D eigenvalue weighted by molar-refractivity contribution is 0.126. The van der Waals surface area contributed by atoms with Gasteiger partial charge in [0.25, 0.3) is 0 Å². The average molecular weight is 461 g/mol. The predicted molar refractivity (Wildman–Crippen MR) is 130 cm³/mol. The first-order chi connectivity index (χ1) is 15.8. The third-order valence-electron chi connectivity index (χ3n) is 5.83. The minimum Gasteiger partial charge on any atom is -0.507 e. The predicted octanol–water partition coefficient (Wildman–Crippen LogP) is 5.57. The second-order valence-electron chi connectivity index (χ2n) is 8.46. The molecule has 6 nitrogen and oxygen atoms in total. The van der Waals surface area contributed by atoms with Crippen LogP contribution in [0.25, 0.3) is 0 Å². The van der Waals surface area contributed by atoms with Gasteiger partial charge >= 0.3 is 0 Å². The Kier molecular flexibility index (Phi) is 10.6. The van der Waals surface area contributed by atoms with E-state index in [0.717, 1.165) is 33.4 Å². The molecular weight excluding hydrogens is 420 g/mol. The summed E-state index contributed by atoms with van der Waals surface area (Å²) < 4.78 is 22.4. The third kappa shape index (κ3) is 6.93. The van der Waals surface area contributed by atoms with E-state index in [9.17, 15) is 10.2 Å². The first-order valence-electron chi connectivity index (χ1n) is 11.8. The van der Waals surface area contributed by atoms with Crippen molar-refractivity contribution in [2.75, 3.05) is 26.4 Å². The standard InChI is InChI=1S/C27H40O6/c1-7-30-15-19-11-23(12-20(25(19)28)16-31-8-2)27(5,6)24-13-21(17-32-9-3)26(29)22(14-24)18-33-10-4/h11-14,28-29H,7-10,15-18H2,1-6H3. The van der Waals surface area contributed by atoms with Gasteiger partial charge in [-0.15, -0.1) is 0 Å². The highest BCUT2D eigenvalue weighted by atomic mass is 16.5. The van der Waals surface area contributed by atoms with Crippen LogP contribution in [0, 0.1) is 0 Å². The maximum absolute atomic E-state index is 10.8. The Morgan fingerprint density at radius 1 is 0.545 bits per heavy atom. The number of hydrogen-bond acceptors (Lipinski definition) is 6. The Morgan fingerprint density at radius 3 is 1.00 bits per heavy atom. The van der Waals surface area contributed by atoms with Gasteiger partial charge in [0.1, 0.15) is 11.5 Å². The van der Waals surface area contributed by atoms with Crippen LogP contribution in [0.5, 0.6) is 11.5 Å². The van der Waals surface area contributed by atoms with E-state index in [1.54, 1.807) is 0 Å². The molecule has 0 atom stereocenters. The van der Waals surface area contributed by atoms with E-state index >= 15 is 0 Å². The molecule has 33 heavy (non-hydrogen) atoms. The van der Waals surface area contributed by atoms with Crippen LogP contribution in [0.2, 0.25) is 0 Å². The Labute approximate surface area is 198 Å². The smallest absolute Gasteiger partial charge is 0.126 e. The summed E-state index contributed by atoms with van der Waals surface area (Å²) in [5, 5.41) is 21.6. The van der Waals surface area contributed by atoms with E-state index in [1.807, 2.05) is 52.0 Å². The summed E-state index contributed by atoms with van der Waals surface area (Å²) in [6, 6.07) is 7.99. The van der Waals surface area contributed by atoms with Crippen LogP contribution in [-0.2, 0) is 50.8 Å². The van der Waals surface area contributed by atoms with Gasteiger partial charge in [-0.25, -0.2) is 0 Å². The lowest BCUT2D eigenvalue weighted by Crippen LogP contribution is -2.21. The molecule has 0 fully saturated rings. The van der Waals surface area contributed by atoms with Gasteiger partial charge in [0.05, 0.1) is 26.4 Å². The average Bonchev–Trinajstić information content (AvgIpc) is 2.80. The molecule has 0 aliphatic carbocycles. The topological polar surface area (TPSA) is 77.4 Å². The molecule has 2 N–H and O–H groups in total. The molecule has 0 saturated carbocycles. The number of hydrogen-bond donors (Lipinski definition) is 2. The number of phenolic OH excluding ortho intramolecular Hbond substituents is 2. The molecule has 0 saturated heterocycles. The molecule has 0 bridgehead atoms. The van der Waals surface area contributed by atoms with E-state index < -0.39 is 5.41 Å². The summed E-state index contributed by atoms with van der Waals surface area (Å²) in [5.74, 6) is 0.437. The fourth-order valence-corrected chi connectivity index (χ4v) is 3.70. The SMILES string of the molecule is CCOCc1cc(C(C)(C)c2cc(COCC)c(O)c(COCC)c2)cc(COCC)c1O. The van der Waals surface area contributed by atoms with Gasteiger partial charge in [0, 0.05) is 54.1 Å². The van der Waals surface area contributed by atoms with E-state index in [0.29, 0.717) is 52.9 Å². The van der Waals surface area contributed by atoms with Gasteiger partial charge in [-0.3, -0.25) is 0 Å². The van der Waals surface area contributed by atoms with Gasteiger partial charge in [-0.2, -0.15) is 0 Å². The van der Waals surface area contributed by atoms with E-state index in [4.69, 9.17) is 18.9 Å². The molecule has 184 valence electrons. The number of rotatable bonds is 14. The second-order valence-corrected chi connectivity index (χ2v) is 8.46. The van der Waals surface area contributed by atoms with Crippen molar-refractivity contribution < 1.29 is 29.2 Å². The zero-order chi connectivity index (χ0) is 24.4. The molecular formula is C27H40O6. The fraction of sp³-hybridized carbons (Fsp3) is 0.556. The summed E-state index contributed by atoms with van der Waals surface area (Å²) in [5.41, 5.74) is 4.57. The zero-order valence-electron chi connectivity index (χ0n) is 21.0. The molecule has 0 radical (unpaired) electrons. The van der Waals surface area contributed by atoms with Crippen LogP contribution < -0.4 is 0 Å². The van der Waals surface area contributed by atoms with Gasteiger partial charge in [0.2, 0.25) is 0 Å². The van der Waals surface area contributed by atoms with Crippen LogP contribution in [-0.4, -0.2) is 36.6 Å². The molecule has 0 amide bonds. The van der Waals surface area contributed by atoms with Crippen LogP contribution in [0.3, 0.4) is 0 Å². The van der Waals surface area contributed by atoms with Crippen molar-refractivity contribution in [3.05, 3.63) is 57.6 Å². The summed E-state index contributed by atoms with van der Waals surface area (Å²) in [7, 11) is 0.